The van der Waals surface area contributed by atoms with Gasteiger partial charge in [-0.1, -0.05) is 18.2 Å². The molecule has 1 amide bonds. The van der Waals surface area contributed by atoms with Crippen LogP contribution in [0.25, 0.3) is 10.9 Å². The fraction of sp³-hybridized carbons (Fsp3) is 0.556. The first-order valence-electron chi connectivity index (χ1n) is 12.4. The Morgan fingerprint density at radius 1 is 0.865 bits per heavy atom. The molecule has 0 saturated carbocycles. The SMILES string of the molecule is CCOC(=O)C(C(=O)OCC)c1c(CCNC(=O)OC(C)(C)C)c2ccccc2n1C(=O)OC(C)(C)C. The van der Waals surface area contributed by atoms with Crippen LogP contribution in [0.15, 0.2) is 24.3 Å². The van der Waals surface area contributed by atoms with Crippen molar-refractivity contribution in [2.24, 2.45) is 0 Å². The molecule has 1 heterocycles. The standard InChI is InChI=1S/C27H38N2O8/c1-9-34-22(30)20(23(31)35-10-2)21-18(15-16-28-24(32)36-26(3,4)5)17-13-11-12-14-19(17)29(21)25(33)37-27(6,7)8/h11-14,20H,9-10,15-16H2,1-8H3,(H,28,32). The quantitative estimate of drug-likeness (QED) is 0.303. The van der Waals surface area contributed by atoms with Crippen LogP contribution in [0.3, 0.4) is 0 Å². The van der Waals surface area contributed by atoms with E-state index in [0.717, 1.165) is 0 Å². The van der Waals surface area contributed by atoms with Crippen LogP contribution in [0.1, 0.15) is 72.6 Å². The minimum Gasteiger partial charge on any atom is -0.465 e. The maximum atomic E-state index is 13.5. The second-order valence-corrected chi connectivity index (χ2v) is 10.3. The Bertz CT molecular complexity index is 1120. The molecule has 2 rings (SSSR count). The van der Waals surface area contributed by atoms with E-state index >= 15 is 0 Å². The van der Waals surface area contributed by atoms with E-state index < -0.39 is 41.2 Å². The van der Waals surface area contributed by atoms with E-state index in [-0.39, 0.29) is 31.9 Å². The van der Waals surface area contributed by atoms with Crippen molar-refractivity contribution >= 4 is 35.0 Å². The molecule has 0 fully saturated rings. The van der Waals surface area contributed by atoms with Gasteiger partial charge in [0.05, 0.1) is 24.4 Å². The number of amides is 1. The summed E-state index contributed by atoms with van der Waals surface area (Å²) in [6, 6.07) is 6.98. The molecule has 0 radical (unpaired) electrons. The zero-order chi connectivity index (χ0) is 28.0. The van der Waals surface area contributed by atoms with Crippen LogP contribution < -0.4 is 5.32 Å². The lowest BCUT2D eigenvalue weighted by atomic mass is 9.97. The molecule has 0 unspecified atom stereocenters. The van der Waals surface area contributed by atoms with Crippen LogP contribution in [0.2, 0.25) is 0 Å². The van der Waals surface area contributed by atoms with E-state index in [2.05, 4.69) is 5.32 Å². The van der Waals surface area contributed by atoms with Crippen LogP contribution in [0.5, 0.6) is 0 Å². The van der Waals surface area contributed by atoms with Gasteiger partial charge >= 0.3 is 24.1 Å². The Morgan fingerprint density at radius 2 is 1.41 bits per heavy atom. The number of para-hydroxylation sites is 1. The van der Waals surface area contributed by atoms with Gasteiger partial charge in [-0.3, -0.25) is 9.59 Å². The predicted molar refractivity (Wildman–Crippen MR) is 138 cm³/mol. The number of carbonyl (C=O) groups is 4. The van der Waals surface area contributed by atoms with Crippen molar-refractivity contribution in [2.75, 3.05) is 19.8 Å². The lowest BCUT2D eigenvalue weighted by Gasteiger charge is -2.23. The maximum absolute atomic E-state index is 13.5. The molecule has 204 valence electrons. The molecular weight excluding hydrogens is 480 g/mol. The maximum Gasteiger partial charge on any atom is 0.419 e. The minimum atomic E-state index is -1.55. The van der Waals surface area contributed by atoms with Crippen molar-refractivity contribution in [3.63, 3.8) is 0 Å². The van der Waals surface area contributed by atoms with Crippen LogP contribution in [-0.2, 0) is 35.0 Å². The molecule has 0 aliphatic rings. The van der Waals surface area contributed by atoms with Crippen molar-refractivity contribution in [1.82, 2.24) is 9.88 Å². The normalized spacial score (nSPS) is 11.8. The Labute approximate surface area is 217 Å². The Morgan fingerprint density at radius 3 is 1.92 bits per heavy atom. The molecule has 1 aromatic carbocycles. The van der Waals surface area contributed by atoms with Gasteiger partial charge in [0.2, 0.25) is 0 Å². The summed E-state index contributed by atoms with van der Waals surface area (Å²) in [6.45, 7) is 13.8. The summed E-state index contributed by atoms with van der Waals surface area (Å²) in [7, 11) is 0. The fourth-order valence-electron chi connectivity index (χ4n) is 3.77. The van der Waals surface area contributed by atoms with E-state index in [9.17, 15) is 19.2 Å². The molecule has 10 heteroatoms. The van der Waals surface area contributed by atoms with Crippen molar-refractivity contribution < 1.29 is 38.1 Å². The van der Waals surface area contributed by atoms with E-state index in [1.54, 1.807) is 79.7 Å². The van der Waals surface area contributed by atoms with Gasteiger partial charge in [0.15, 0.2) is 5.92 Å². The molecular formula is C27H38N2O8. The van der Waals surface area contributed by atoms with Gasteiger partial charge in [0, 0.05) is 11.9 Å². The molecule has 0 atom stereocenters. The zero-order valence-corrected chi connectivity index (χ0v) is 22.9. The molecule has 10 nitrogen and oxygen atoms in total. The molecule has 1 aromatic heterocycles. The van der Waals surface area contributed by atoms with Gasteiger partial charge in [0.1, 0.15) is 11.2 Å². The molecule has 37 heavy (non-hydrogen) atoms. The van der Waals surface area contributed by atoms with Crippen LogP contribution in [0.4, 0.5) is 9.59 Å². The Hall–Kier alpha value is -3.56. The van der Waals surface area contributed by atoms with Gasteiger partial charge in [-0.25, -0.2) is 14.2 Å². The third kappa shape index (κ3) is 7.96. The fourth-order valence-corrected chi connectivity index (χ4v) is 3.77. The number of alkyl carbamates (subject to hydrolysis) is 1. The van der Waals surface area contributed by atoms with Crippen LogP contribution in [0, 0.1) is 0 Å². The van der Waals surface area contributed by atoms with Gasteiger partial charge in [0.25, 0.3) is 0 Å². The zero-order valence-electron chi connectivity index (χ0n) is 22.9. The number of esters is 2. The second-order valence-electron chi connectivity index (χ2n) is 10.3. The van der Waals surface area contributed by atoms with Crippen molar-refractivity contribution in [3.8, 4) is 0 Å². The molecule has 1 N–H and O–H groups in total. The Kier molecular flexibility index (Phi) is 9.72. The van der Waals surface area contributed by atoms with Gasteiger partial charge in [-0.2, -0.15) is 0 Å². The monoisotopic (exact) mass is 518 g/mol. The minimum absolute atomic E-state index is 0.0247. The number of aromatic nitrogens is 1. The lowest BCUT2D eigenvalue weighted by molar-refractivity contribution is -0.157. The summed E-state index contributed by atoms with van der Waals surface area (Å²) in [5.74, 6) is -3.25. The van der Waals surface area contributed by atoms with Gasteiger partial charge in [-0.15, -0.1) is 0 Å². The summed E-state index contributed by atoms with van der Waals surface area (Å²) >= 11 is 0. The summed E-state index contributed by atoms with van der Waals surface area (Å²) in [5, 5.41) is 3.30. The summed E-state index contributed by atoms with van der Waals surface area (Å²) in [4.78, 5) is 51.9. The van der Waals surface area contributed by atoms with Gasteiger partial charge in [-0.05, 0) is 73.4 Å². The first-order valence-corrected chi connectivity index (χ1v) is 12.4. The number of hydrogen-bond acceptors (Lipinski definition) is 8. The lowest BCUT2D eigenvalue weighted by Crippen LogP contribution is -2.35. The first kappa shape index (κ1) is 29.7. The second kappa shape index (κ2) is 12.1. The number of nitrogens with one attached hydrogen (secondary N) is 1. The van der Waals surface area contributed by atoms with E-state index in [4.69, 9.17) is 18.9 Å². The highest BCUT2D eigenvalue weighted by Gasteiger charge is 2.39. The van der Waals surface area contributed by atoms with Crippen molar-refractivity contribution in [2.45, 2.75) is 78.9 Å². The van der Waals surface area contributed by atoms with Crippen LogP contribution in [-0.4, -0.2) is 59.7 Å². The average molecular weight is 519 g/mol. The summed E-state index contributed by atoms with van der Waals surface area (Å²) < 4.78 is 22.6. The van der Waals surface area contributed by atoms with Crippen molar-refractivity contribution in [1.29, 1.82) is 0 Å². The van der Waals surface area contributed by atoms with Gasteiger partial charge < -0.3 is 24.3 Å². The third-order valence-corrected chi connectivity index (χ3v) is 4.96. The van der Waals surface area contributed by atoms with E-state index in [1.807, 2.05) is 0 Å². The first-order chi connectivity index (χ1) is 17.2. The molecule has 0 saturated heterocycles. The highest BCUT2D eigenvalue weighted by atomic mass is 16.6. The topological polar surface area (TPSA) is 122 Å². The molecule has 0 aliphatic carbocycles. The number of ether oxygens (including phenoxy) is 4. The average Bonchev–Trinajstić information content (AvgIpc) is 3.06. The largest absolute Gasteiger partial charge is 0.465 e. The highest BCUT2D eigenvalue weighted by Crippen LogP contribution is 2.34. The summed E-state index contributed by atoms with van der Waals surface area (Å²) in [5.41, 5.74) is -0.498. The number of hydrogen-bond donors (Lipinski definition) is 1. The number of carbonyl (C=O) groups excluding carboxylic acids is 4. The highest BCUT2D eigenvalue weighted by molar-refractivity contribution is 6.05. The number of benzene rings is 1. The number of rotatable bonds is 8. The van der Waals surface area contributed by atoms with Crippen molar-refractivity contribution in [3.05, 3.63) is 35.5 Å². The molecule has 2 aromatic rings. The number of nitrogens with zero attached hydrogens (tertiary/aromatic N) is 1. The molecule has 0 bridgehead atoms. The smallest absolute Gasteiger partial charge is 0.419 e. The van der Waals surface area contributed by atoms with Crippen LogP contribution >= 0.6 is 0 Å². The third-order valence-electron chi connectivity index (χ3n) is 4.96. The van der Waals surface area contributed by atoms with E-state index in [0.29, 0.717) is 16.5 Å². The molecule has 0 aliphatic heterocycles. The van der Waals surface area contributed by atoms with E-state index in [1.165, 1.54) is 4.57 Å². The summed E-state index contributed by atoms with van der Waals surface area (Å²) in [6.07, 6.45) is -1.19. The number of fused-ring (bicyclic) bond motifs is 1. The Balaban J connectivity index is 2.71. The molecule has 0 spiro atoms. The predicted octanol–water partition coefficient (Wildman–Crippen LogP) is 4.70.